The molecule has 0 bridgehead atoms. The third-order valence-corrected chi connectivity index (χ3v) is 6.09. The summed E-state index contributed by atoms with van der Waals surface area (Å²) in [5, 5.41) is 0. The van der Waals surface area contributed by atoms with Crippen LogP contribution in [0.5, 0.6) is 0 Å². The van der Waals surface area contributed by atoms with Crippen LogP contribution >= 0.6 is 0 Å². The second-order valence-corrected chi connectivity index (χ2v) is 7.88. The molecule has 0 saturated carbocycles. The molecule has 2 aromatic carbocycles. The Bertz CT molecular complexity index is 1010. The van der Waals surface area contributed by atoms with Crippen molar-refractivity contribution < 1.29 is 9.59 Å². The summed E-state index contributed by atoms with van der Waals surface area (Å²) in [5.74, 6) is -0.419. The summed E-state index contributed by atoms with van der Waals surface area (Å²) in [6.07, 6.45) is 2.10. The third kappa shape index (κ3) is 2.84. The maximum absolute atomic E-state index is 13.6. The van der Waals surface area contributed by atoms with Crippen LogP contribution in [0.4, 0.5) is 5.69 Å². The summed E-state index contributed by atoms with van der Waals surface area (Å²) in [6, 6.07) is 11.8. The zero-order chi connectivity index (χ0) is 20.0. The predicted octanol–water partition coefficient (Wildman–Crippen LogP) is 4.30. The van der Waals surface area contributed by atoms with Gasteiger partial charge in [0.1, 0.15) is 5.70 Å². The minimum absolute atomic E-state index is 0.200. The van der Waals surface area contributed by atoms with E-state index in [0.717, 1.165) is 48.2 Å². The van der Waals surface area contributed by atoms with E-state index in [4.69, 9.17) is 0 Å². The average molecular weight is 374 g/mol. The van der Waals surface area contributed by atoms with Crippen molar-refractivity contribution >= 4 is 23.1 Å². The molecule has 2 heterocycles. The number of imide groups is 1. The van der Waals surface area contributed by atoms with Gasteiger partial charge in [0.2, 0.25) is 0 Å². The molecule has 2 aromatic rings. The number of benzene rings is 2. The first-order valence-electron chi connectivity index (χ1n) is 9.92. The van der Waals surface area contributed by atoms with Gasteiger partial charge in [-0.3, -0.25) is 9.59 Å². The number of anilines is 1. The molecule has 4 rings (SSSR count). The van der Waals surface area contributed by atoms with Gasteiger partial charge in [-0.25, -0.2) is 4.90 Å². The van der Waals surface area contributed by atoms with E-state index in [9.17, 15) is 9.59 Å². The maximum Gasteiger partial charge on any atom is 0.282 e. The lowest BCUT2D eigenvalue weighted by Crippen LogP contribution is -2.35. The lowest BCUT2D eigenvalue weighted by atomic mass is 9.99. The van der Waals surface area contributed by atoms with E-state index in [0.29, 0.717) is 17.0 Å². The summed E-state index contributed by atoms with van der Waals surface area (Å²) < 4.78 is 0. The second-order valence-electron chi connectivity index (χ2n) is 7.88. The molecule has 0 spiro atoms. The largest absolute Gasteiger partial charge is 0.366 e. The topological polar surface area (TPSA) is 40.6 Å². The fourth-order valence-corrected chi connectivity index (χ4v) is 4.11. The Morgan fingerprint density at radius 2 is 1.50 bits per heavy atom. The van der Waals surface area contributed by atoms with Gasteiger partial charge in [0.25, 0.3) is 11.8 Å². The monoisotopic (exact) mass is 374 g/mol. The quantitative estimate of drug-likeness (QED) is 0.752. The van der Waals surface area contributed by atoms with Gasteiger partial charge in [-0.1, -0.05) is 30.3 Å². The zero-order valence-electron chi connectivity index (χ0n) is 17.0. The SMILES string of the molecule is Cc1ccc(C2=C(N3CCCC3)C(=O)N(c3cccc(C)c3C)C2=O)cc1C. The van der Waals surface area contributed by atoms with Crippen molar-refractivity contribution in [1.82, 2.24) is 4.90 Å². The highest BCUT2D eigenvalue weighted by atomic mass is 16.2. The lowest BCUT2D eigenvalue weighted by molar-refractivity contribution is -0.120. The average Bonchev–Trinajstić information content (AvgIpc) is 3.27. The van der Waals surface area contributed by atoms with Crippen molar-refractivity contribution in [3.63, 3.8) is 0 Å². The Morgan fingerprint density at radius 1 is 0.786 bits per heavy atom. The lowest BCUT2D eigenvalue weighted by Gasteiger charge is -2.21. The van der Waals surface area contributed by atoms with Crippen molar-refractivity contribution in [3.05, 3.63) is 69.9 Å². The van der Waals surface area contributed by atoms with Gasteiger partial charge < -0.3 is 4.90 Å². The summed E-state index contributed by atoms with van der Waals surface area (Å²) in [4.78, 5) is 30.5. The zero-order valence-corrected chi connectivity index (χ0v) is 17.0. The van der Waals surface area contributed by atoms with Crippen LogP contribution in [0, 0.1) is 27.7 Å². The van der Waals surface area contributed by atoms with Crippen molar-refractivity contribution in [2.45, 2.75) is 40.5 Å². The smallest absolute Gasteiger partial charge is 0.282 e. The summed E-state index contributed by atoms with van der Waals surface area (Å²) in [6.45, 7) is 9.71. The number of carbonyl (C=O) groups excluding carboxylic acids is 2. The highest BCUT2D eigenvalue weighted by Crippen LogP contribution is 2.38. The first-order valence-corrected chi connectivity index (χ1v) is 9.92. The molecule has 2 aliphatic rings. The number of hydrogen-bond acceptors (Lipinski definition) is 3. The molecule has 144 valence electrons. The highest BCUT2D eigenvalue weighted by molar-refractivity contribution is 6.45. The maximum atomic E-state index is 13.6. The molecule has 0 radical (unpaired) electrons. The predicted molar refractivity (Wildman–Crippen MR) is 112 cm³/mol. The Morgan fingerprint density at radius 3 is 2.18 bits per heavy atom. The minimum Gasteiger partial charge on any atom is -0.366 e. The Balaban J connectivity index is 1.88. The number of aryl methyl sites for hydroxylation is 3. The van der Waals surface area contributed by atoms with E-state index in [1.165, 1.54) is 10.5 Å². The molecule has 4 nitrogen and oxygen atoms in total. The minimum atomic E-state index is -0.219. The van der Waals surface area contributed by atoms with Crippen molar-refractivity contribution in [2.75, 3.05) is 18.0 Å². The van der Waals surface area contributed by atoms with Gasteiger partial charge in [0.15, 0.2) is 0 Å². The summed E-state index contributed by atoms with van der Waals surface area (Å²) >= 11 is 0. The van der Waals surface area contributed by atoms with E-state index >= 15 is 0 Å². The van der Waals surface area contributed by atoms with Crippen LogP contribution in [0.1, 0.15) is 40.7 Å². The van der Waals surface area contributed by atoms with Crippen LogP contribution in [0.15, 0.2) is 42.1 Å². The second kappa shape index (κ2) is 6.93. The molecule has 1 fully saturated rings. The van der Waals surface area contributed by atoms with E-state index in [-0.39, 0.29) is 11.8 Å². The van der Waals surface area contributed by atoms with Gasteiger partial charge in [-0.05, 0) is 74.4 Å². The fraction of sp³-hybridized carbons (Fsp3) is 0.333. The van der Waals surface area contributed by atoms with Gasteiger partial charge in [0.05, 0.1) is 11.3 Å². The molecular weight excluding hydrogens is 348 g/mol. The van der Waals surface area contributed by atoms with Crippen molar-refractivity contribution in [1.29, 1.82) is 0 Å². The van der Waals surface area contributed by atoms with Gasteiger partial charge >= 0.3 is 0 Å². The number of likely N-dealkylation sites (tertiary alicyclic amines) is 1. The number of carbonyl (C=O) groups is 2. The molecule has 0 unspecified atom stereocenters. The van der Waals surface area contributed by atoms with Gasteiger partial charge in [0, 0.05) is 13.1 Å². The van der Waals surface area contributed by atoms with E-state index < -0.39 is 0 Å². The van der Waals surface area contributed by atoms with Crippen molar-refractivity contribution in [2.24, 2.45) is 0 Å². The first kappa shape index (κ1) is 18.5. The van der Waals surface area contributed by atoms with Crippen LogP contribution in [0.3, 0.4) is 0 Å². The molecule has 2 amide bonds. The Kier molecular flexibility index (Phi) is 4.58. The van der Waals surface area contributed by atoms with Gasteiger partial charge in [-0.2, -0.15) is 0 Å². The number of amides is 2. The number of nitrogens with zero attached hydrogens (tertiary/aromatic N) is 2. The number of rotatable bonds is 3. The third-order valence-electron chi connectivity index (χ3n) is 6.09. The molecule has 1 saturated heterocycles. The Labute approximate surface area is 166 Å². The van der Waals surface area contributed by atoms with E-state index in [2.05, 4.69) is 11.8 Å². The molecule has 2 aliphatic heterocycles. The molecule has 28 heavy (non-hydrogen) atoms. The summed E-state index contributed by atoms with van der Waals surface area (Å²) in [5.41, 5.74) is 6.95. The van der Waals surface area contributed by atoms with Crippen LogP contribution in [0.2, 0.25) is 0 Å². The normalized spacial score (nSPS) is 17.3. The van der Waals surface area contributed by atoms with E-state index in [1.807, 2.05) is 57.2 Å². The van der Waals surface area contributed by atoms with Crippen LogP contribution in [0.25, 0.3) is 5.57 Å². The molecule has 4 heteroatoms. The highest BCUT2D eigenvalue weighted by Gasteiger charge is 2.43. The Hall–Kier alpha value is -2.88. The standard InChI is InChI=1S/C24H26N2O2/c1-15-10-11-19(14-17(15)3)21-22(25-12-5-6-13-25)24(28)26(23(21)27)20-9-7-8-16(2)18(20)4/h7-11,14H,5-6,12-13H2,1-4H3. The van der Waals surface area contributed by atoms with Crippen LogP contribution in [-0.4, -0.2) is 29.8 Å². The molecule has 0 aliphatic carbocycles. The fourth-order valence-electron chi connectivity index (χ4n) is 4.11. The molecule has 0 atom stereocenters. The number of hydrogen-bond donors (Lipinski definition) is 0. The van der Waals surface area contributed by atoms with Crippen LogP contribution < -0.4 is 4.90 Å². The van der Waals surface area contributed by atoms with Gasteiger partial charge in [-0.15, -0.1) is 0 Å². The first-order chi connectivity index (χ1) is 13.4. The summed E-state index contributed by atoms with van der Waals surface area (Å²) in [7, 11) is 0. The molecular formula is C24H26N2O2. The molecule has 0 N–H and O–H groups in total. The molecule has 0 aromatic heterocycles. The van der Waals surface area contributed by atoms with Crippen molar-refractivity contribution in [3.8, 4) is 0 Å². The van der Waals surface area contributed by atoms with Crippen LogP contribution in [-0.2, 0) is 9.59 Å². The van der Waals surface area contributed by atoms with E-state index in [1.54, 1.807) is 0 Å².